The lowest BCUT2D eigenvalue weighted by molar-refractivity contribution is -0.148. The molecule has 1 aromatic heterocycles. The van der Waals surface area contributed by atoms with Crippen molar-refractivity contribution in [2.45, 2.75) is 89.9 Å². The Bertz CT molecular complexity index is 1340. The number of rotatable bonds is 9. The maximum atomic E-state index is 14.4. The molecule has 0 radical (unpaired) electrons. The topological polar surface area (TPSA) is 149 Å². The van der Waals surface area contributed by atoms with E-state index in [2.05, 4.69) is 15.6 Å². The number of Topliss-reactive ketones (excluding diaryl/α,β-unsaturated/α-hetero) is 1. The molecule has 0 spiro atoms. The van der Waals surface area contributed by atoms with E-state index in [1.54, 1.807) is 50.5 Å². The fourth-order valence-corrected chi connectivity index (χ4v) is 5.87. The molecule has 1 aromatic carbocycles. The highest BCUT2D eigenvalue weighted by molar-refractivity contribution is 7.13. The number of aliphatic hydroxyl groups excluding tert-OH is 1. The molecule has 10 nitrogen and oxygen atoms in total. The lowest BCUT2D eigenvalue weighted by Gasteiger charge is -2.37. The van der Waals surface area contributed by atoms with Gasteiger partial charge in [0.15, 0.2) is 11.4 Å². The number of likely N-dealkylation sites (tertiary alicyclic amines) is 1. The largest absolute Gasteiger partial charge is 0.391 e. The highest BCUT2D eigenvalue weighted by Crippen LogP contribution is 2.40. The first-order valence-electron chi connectivity index (χ1n) is 13.6. The molecule has 1 aliphatic carbocycles. The third-order valence-corrected chi connectivity index (χ3v) is 8.53. The van der Waals surface area contributed by atoms with Gasteiger partial charge in [-0.2, -0.15) is 0 Å². The van der Waals surface area contributed by atoms with Crippen LogP contribution in [-0.4, -0.2) is 74.0 Å². The number of β-amino-alcohol motifs (C(OH)–C–C–N with tert-alkyl or cyclic N) is 1. The first-order valence-corrected chi connectivity index (χ1v) is 14.5. The van der Waals surface area contributed by atoms with Crippen LogP contribution in [0.1, 0.15) is 64.6 Å². The van der Waals surface area contributed by atoms with Crippen LogP contribution in [0.2, 0.25) is 0 Å². The summed E-state index contributed by atoms with van der Waals surface area (Å²) in [5.41, 5.74) is -1.22. The highest BCUT2D eigenvalue weighted by atomic mass is 32.1. The van der Waals surface area contributed by atoms with E-state index in [1.165, 1.54) is 18.3 Å². The molecule has 1 saturated carbocycles. The van der Waals surface area contributed by atoms with Crippen molar-refractivity contribution in [2.75, 3.05) is 6.54 Å². The number of carbonyl (C=O) groups is 4. The summed E-state index contributed by atoms with van der Waals surface area (Å²) < 4.78 is 14.4. The van der Waals surface area contributed by atoms with E-state index >= 15 is 0 Å². The number of aliphatic hydroxyl groups is 2. The van der Waals surface area contributed by atoms with E-state index in [0.29, 0.717) is 0 Å². The summed E-state index contributed by atoms with van der Waals surface area (Å²) >= 11 is 1.46. The molecule has 2 aromatic rings. The van der Waals surface area contributed by atoms with Crippen LogP contribution in [0.5, 0.6) is 0 Å². The zero-order valence-corrected chi connectivity index (χ0v) is 24.7. The average Bonchev–Trinajstić information content (AvgIpc) is 3.29. The molecule has 2 unspecified atom stereocenters. The standard InChI is InChI=1S/C29H37FN4O6S/c1-16(35)13-29(40,19-8-6-18(7-9-19)22-17(2)31-15-41-22)33-24(37)21-12-20(36)14-34(21)25(38)23(27(3,4)5)32-26(39)28(30)10-11-28/h6-9,15,20-21,23,36,40H,10-14H2,1-5H3,(H,32,39)(H,33,37)/t20-,21?,23-,29?/m1/s1. The van der Waals surface area contributed by atoms with Gasteiger partial charge in [-0.1, -0.05) is 45.0 Å². The molecule has 2 heterocycles. The molecule has 1 saturated heterocycles. The minimum Gasteiger partial charge on any atom is -0.391 e. The summed E-state index contributed by atoms with van der Waals surface area (Å²) in [6, 6.07) is 4.38. The Hall–Kier alpha value is -3.22. The van der Waals surface area contributed by atoms with Crippen LogP contribution in [0.15, 0.2) is 29.8 Å². The van der Waals surface area contributed by atoms with Gasteiger partial charge in [0, 0.05) is 18.5 Å². The second-order valence-electron chi connectivity index (χ2n) is 12.2. The Morgan fingerprint density at radius 2 is 1.83 bits per heavy atom. The fraction of sp³-hybridized carbons (Fsp3) is 0.552. The van der Waals surface area contributed by atoms with E-state index in [4.69, 9.17) is 0 Å². The van der Waals surface area contributed by atoms with E-state index in [-0.39, 0.29) is 37.2 Å². The summed E-state index contributed by atoms with van der Waals surface area (Å²) in [7, 11) is 0. The maximum absolute atomic E-state index is 14.4. The Labute approximate surface area is 242 Å². The van der Waals surface area contributed by atoms with E-state index in [1.807, 2.05) is 6.92 Å². The third kappa shape index (κ3) is 6.65. The molecule has 4 N–H and O–H groups in total. The first-order chi connectivity index (χ1) is 19.0. The lowest BCUT2D eigenvalue weighted by atomic mass is 9.85. The van der Waals surface area contributed by atoms with Gasteiger partial charge >= 0.3 is 0 Å². The minimum absolute atomic E-state index is 0.0802. The summed E-state index contributed by atoms with van der Waals surface area (Å²) in [6.45, 7) is 8.10. The number of aryl methyl sites for hydroxylation is 1. The Kier molecular flexibility index (Phi) is 8.41. The van der Waals surface area contributed by atoms with Crippen molar-refractivity contribution in [2.24, 2.45) is 5.41 Å². The van der Waals surface area contributed by atoms with Crippen LogP contribution in [0.4, 0.5) is 4.39 Å². The monoisotopic (exact) mass is 588 g/mol. The van der Waals surface area contributed by atoms with Crippen molar-refractivity contribution in [3.05, 3.63) is 41.0 Å². The lowest BCUT2D eigenvalue weighted by Crippen LogP contribution is -2.60. The summed E-state index contributed by atoms with van der Waals surface area (Å²) in [6.07, 6.45) is -1.42. The van der Waals surface area contributed by atoms with Gasteiger partial charge < -0.3 is 25.7 Å². The number of alkyl halides is 1. The number of thiazole rings is 1. The number of nitrogens with one attached hydrogen (secondary N) is 2. The zero-order chi connectivity index (χ0) is 30.3. The average molecular weight is 589 g/mol. The summed E-state index contributed by atoms with van der Waals surface area (Å²) in [5.74, 6) is -2.68. The predicted octanol–water partition coefficient (Wildman–Crippen LogP) is 2.35. The molecule has 4 rings (SSSR count). The third-order valence-electron chi connectivity index (χ3n) is 7.55. The molecule has 1 aliphatic heterocycles. The van der Waals surface area contributed by atoms with Crippen LogP contribution in [-0.2, 0) is 24.9 Å². The smallest absolute Gasteiger partial charge is 0.258 e. The van der Waals surface area contributed by atoms with Gasteiger partial charge in [-0.05, 0) is 37.7 Å². The van der Waals surface area contributed by atoms with Gasteiger partial charge in [0.05, 0.1) is 28.6 Å². The fourth-order valence-electron chi connectivity index (χ4n) is 5.06. The number of ketones is 1. The normalized spacial score (nSPS) is 22.0. The maximum Gasteiger partial charge on any atom is 0.258 e. The van der Waals surface area contributed by atoms with Crippen molar-refractivity contribution < 1.29 is 33.8 Å². The molecule has 222 valence electrons. The van der Waals surface area contributed by atoms with Crippen LogP contribution in [0.25, 0.3) is 10.4 Å². The van der Waals surface area contributed by atoms with Gasteiger partial charge in [0.25, 0.3) is 5.91 Å². The molecule has 3 amide bonds. The Balaban J connectivity index is 1.57. The van der Waals surface area contributed by atoms with Crippen LogP contribution in [0, 0.1) is 12.3 Å². The molecule has 4 atom stereocenters. The van der Waals surface area contributed by atoms with Crippen LogP contribution in [0.3, 0.4) is 0 Å². The predicted molar refractivity (Wildman–Crippen MR) is 150 cm³/mol. The number of benzene rings is 1. The van der Waals surface area contributed by atoms with Gasteiger partial charge in [-0.25, -0.2) is 9.37 Å². The second kappa shape index (κ2) is 11.2. The molecular formula is C29H37FN4O6S. The number of amides is 3. The molecule has 0 bridgehead atoms. The van der Waals surface area contributed by atoms with Crippen molar-refractivity contribution in [1.82, 2.24) is 20.5 Å². The number of hydrogen-bond donors (Lipinski definition) is 4. The highest BCUT2D eigenvalue weighted by Gasteiger charge is 2.53. The molecule has 2 fully saturated rings. The van der Waals surface area contributed by atoms with Gasteiger partial charge in [-0.3, -0.25) is 19.2 Å². The van der Waals surface area contributed by atoms with Gasteiger partial charge in [0.1, 0.15) is 17.9 Å². The van der Waals surface area contributed by atoms with Gasteiger partial charge in [-0.15, -0.1) is 11.3 Å². The Morgan fingerprint density at radius 3 is 2.34 bits per heavy atom. The van der Waals surface area contributed by atoms with E-state index in [0.717, 1.165) is 21.0 Å². The summed E-state index contributed by atoms with van der Waals surface area (Å²) in [4.78, 5) is 58.3. The van der Waals surface area contributed by atoms with Crippen molar-refractivity contribution in [3.8, 4) is 10.4 Å². The van der Waals surface area contributed by atoms with E-state index < -0.39 is 59.1 Å². The number of aromatic nitrogens is 1. The molecular weight excluding hydrogens is 551 g/mol. The quantitative estimate of drug-likeness (QED) is 0.329. The van der Waals surface area contributed by atoms with Gasteiger partial charge in [0.2, 0.25) is 11.8 Å². The Morgan fingerprint density at radius 1 is 1.20 bits per heavy atom. The SMILES string of the molecule is CC(=O)CC(O)(NC(=O)C1C[C@@H](O)CN1C(=O)[C@@H](NC(=O)C1(F)CC1)C(C)(C)C)c1ccc(-c2scnc2C)cc1. The van der Waals surface area contributed by atoms with Crippen LogP contribution >= 0.6 is 11.3 Å². The first kappa shape index (κ1) is 30.7. The number of hydrogen-bond acceptors (Lipinski definition) is 8. The van der Waals surface area contributed by atoms with Crippen molar-refractivity contribution in [1.29, 1.82) is 0 Å². The van der Waals surface area contributed by atoms with E-state index in [9.17, 15) is 33.8 Å². The summed E-state index contributed by atoms with van der Waals surface area (Å²) in [5, 5.41) is 27.1. The number of nitrogens with zero attached hydrogens (tertiary/aromatic N) is 2. The van der Waals surface area contributed by atoms with Crippen molar-refractivity contribution >= 4 is 34.8 Å². The van der Waals surface area contributed by atoms with Crippen LogP contribution < -0.4 is 10.6 Å². The second-order valence-corrected chi connectivity index (χ2v) is 13.1. The molecule has 41 heavy (non-hydrogen) atoms. The minimum atomic E-state index is -2.09. The number of halogens is 1. The molecule has 2 aliphatic rings. The zero-order valence-electron chi connectivity index (χ0n) is 23.9. The molecule has 12 heteroatoms. The number of carbonyl (C=O) groups excluding carboxylic acids is 4. The van der Waals surface area contributed by atoms with Crippen molar-refractivity contribution in [3.63, 3.8) is 0 Å².